The molecule has 0 aliphatic heterocycles. The molecule has 0 saturated heterocycles. The van der Waals surface area contributed by atoms with E-state index in [2.05, 4.69) is 5.43 Å². The Morgan fingerprint density at radius 2 is 2.23 bits per heavy atom. The lowest BCUT2D eigenvalue weighted by atomic mass is 10.4. The molecule has 0 aromatic heterocycles. The first-order valence-electron chi connectivity index (χ1n) is 4.85. The summed E-state index contributed by atoms with van der Waals surface area (Å²) in [6.07, 6.45) is 2.19. The van der Waals surface area contributed by atoms with Crippen LogP contribution in [0.1, 0.15) is 12.8 Å². The van der Waals surface area contributed by atoms with E-state index in [9.17, 15) is 5.11 Å². The molecule has 2 N–H and O–H groups in total. The molecule has 1 fully saturated rings. The van der Waals surface area contributed by atoms with E-state index in [1.165, 1.54) is 12.8 Å². The van der Waals surface area contributed by atoms with Crippen LogP contribution in [-0.2, 0) is 4.74 Å². The number of ether oxygens (including phenoxy) is 1. The van der Waals surface area contributed by atoms with Crippen LogP contribution in [0.5, 0.6) is 0 Å². The normalized spacial score (nSPS) is 19.4. The Morgan fingerprint density at radius 1 is 1.54 bits per heavy atom. The van der Waals surface area contributed by atoms with Crippen molar-refractivity contribution >= 4 is 0 Å². The largest absolute Gasteiger partial charge is 0.389 e. The van der Waals surface area contributed by atoms with Gasteiger partial charge < -0.3 is 9.84 Å². The van der Waals surface area contributed by atoms with Crippen molar-refractivity contribution in [1.29, 1.82) is 0 Å². The molecule has 0 radical (unpaired) electrons. The third kappa shape index (κ3) is 5.99. The highest BCUT2D eigenvalue weighted by atomic mass is 16.5. The Labute approximate surface area is 79.8 Å². The molecule has 13 heavy (non-hydrogen) atoms. The summed E-state index contributed by atoms with van der Waals surface area (Å²) >= 11 is 0. The van der Waals surface area contributed by atoms with Gasteiger partial charge in [0.25, 0.3) is 0 Å². The van der Waals surface area contributed by atoms with Crippen LogP contribution < -0.4 is 5.43 Å². The minimum absolute atomic E-state index is 0.402. The molecule has 0 heterocycles. The first kappa shape index (κ1) is 10.9. The van der Waals surface area contributed by atoms with E-state index in [-0.39, 0.29) is 0 Å². The standard InChI is InChI=1S/C9H20N2O2/c1-11(2)10-5-9(12)7-13-6-8-3-4-8/h8-10,12H,3-7H2,1-2H3. The fourth-order valence-electron chi connectivity index (χ4n) is 1.00. The van der Waals surface area contributed by atoms with Gasteiger partial charge in [-0.25, -0.2) is 0 Å². The molecule has 4 nitrogen and oxygen atoms in total. The Bertz CT molecular complexity index is 138. The lowest BCUT2D eigenvalue weighted by Gasteiger charge is -2.16. The van der Waals surface area contributed by atoms with Crippen molar-refractivity contribution in [3.8, 4) is 0 Å². The van der Waals surface area contributed by atoms with Crippen molar-refractivity contribution in [1.82, 2.24) is 10.4 Å². The van der Waals surface area contributed by atoms with E-state index in [0.29, 0.717) is 13.2 Å². The topological polar surface area (TPSA) is 44.7 Å². The number of hydrazine groups is 1. The van der Waals surface area contributed by atoms with Crippen molar-refractivity contribution in [2.75, 3.05) is 33.9 Å². The summed E-state index contributed by atoms with van der Waals surface area (Å²) < 4.78 is 5.34. The predicted molar refractivity (Wildman–Crippen MR) is 51.2 cm³/mol. The number of aliphatic hydroxyl groups excluding tert-OH is 1. The molecule has 0 aromatic rings. The second-order valence-corrected chi connectivity index (χ2v) is 3.89. The smallest absolute Gasteiger partial charge is 0.0911 e. The van der Waals surface area contributed by atoms with Gasteiger partial charge in [0, 0.05) is 27.2 Å². The molecular formula is C9H20N2O2. The Hall–Kier alpha value is -0.160. The molecule has 1 rings (SSSR count). The van der Waals surface area contributed by atoms with Crippen LogP contribution in [0.2, 0.25) is 0 Å². The highest BCUT2D eigenvalue weighted by Gasteiger charge is 2.21. The molecule has 1 aliphatic rings. The first-order chi connectivity index (χ1) is 6.18. The maximum Gasteiger partial charge on any atom is 0.0911 e. The molecule has 0 amide bonds. The van der Waals surface area contributed by atoms with Gasteiger partial charge in [-0.05, 0) is 18.8 Å². The quantitative estimate of drug-likeness (QED) is 0.545. The average molecular weight is 188 g/mol. The van der Waals surface area contributed by atoms with Crippen LogP contribution in [0.25, 0.3) is 0 Å². The van der Waals surface area contributed by atoms with E-state index >= 15 is 0 Å². The van der Waals surface area contributed by atoms with Crippen LogP contribution in [-0.4, -0.2) is 50.1 Å². The maximum atomic E-state index is 9.42. The fraction of sp³-hybridized carbons (Fsp3) is 1.00. The summed E-state index contributed by atoms with van der Waals surface area (Å²) in [6, 6.07) is 0. The minimum atomic E-state index is -0.402. The Kier molecular flexibility index (Phi) is 4.66. The number of rotatable bonds is 7. The molecule has 1 aliphatic carbocycles. The molecule has 0 aromatic carbocycles. The predicted octanol–water partition coefficient (Wildman–Crippen LogP) is -0.160. The number of aliphatic hydroxyl groups is 1. The SMILES string of the molecule is CN(C)NCC(O)COCC1CC1. The summed E-state index contributed by atoms with van der Waals surface area (Å²) in [5, 5.41) is 11.2. The Morgan fingerprint density at radius 3 is 2.77 bits per heavy atom. The van der Waals surface area contributed by atoms with Gasteiger partial charge in [0.15, 0.2) is 0 Å². The fourth-order valence-corrected chi connectivity index (χ4v) is 1.00. The number of hydrogen-bond acceptors (Lipinski definition) is 4. The minimum Gasteiger partial charge on any atom is -0.389 e. The summed E-state index contributed by atoms with van der Waals surface area (Å²) in [5.41, 5.74) is 3.00. The third-order valence-corrected chi connectivity index (χ3v) is 2.00. The van der Waals surface area contributed by atoms with Gasteiger partial charge in [-0.15, -0.1) is 0 Å². The zero-order chi connectivity index (χ0) is 9.68. The number of nitrogens with one attached hydrogen (secondary N) is 1. The molecule has 78 valence electrons. The molecule has 0 spiro atoms. The van der Waals surface area contributed by atoms with E-state index in [0.717, 1.165) is 12.5 Å². The van der Waals surface area contributed by atoms with Crippen molar-refractivity contribution in [2.45, 2.75) is 18.9 Å². The van der Waals surface area contributed by atoms with E-state index in [1.807, 2.05) is 19.1 Å². The highest BCUT2D eigenvalue weighted by molar-refractivity contribution is 4.72. The molecular weight excluding hydrogens is 168 g/mol. The highest BCUT2D eigenvalue weighted by Crippen LogP contribution is 2.28. The maximum absolute atomic E-state index is 9.42. The monoisotopic (exact) mass is 188 g/mol. The molecule has 1 saturated carbocycles. The number of hydrogen-bond donors (Lipinski definition) is 2. The molecule has 1 unspecified atom stereocenters. The van der Waals surface area contributed by atoms with Crippen LogP contribution in [0.4, 0.5) is 0 Å². The van der Waals surface area contributed by atoms with Gasteiger partial charge in [0.1, 0.15) is 0 Å². The van der Waals surface area contributed by atoms with Crippen molar-refractivity contribution < 1.29 is 9.84 Å². The van der Waals surface area contributed by atoms with Gasteiger partial charge in [-0.1, -0.05) is 0 Å². The van der Waals surface area contributed by atoms with E-state index < -0.39 is 6.10 Å². The lowest BCUT2D eigenvalue weighted by Crippen LogP contribution is -2.38. The van der Waals surface area contributed by atoms with Crippen LogP contribution in [0, 0.1) is 5.92 Å². The lowest BCUT2D eigenvalue weighted by molar-refractivity contribution is 0.0247. The summed E-state index contributed by atoms with van der Waals surface area (Å²) in [5.74, 6) is 0.772. The zero-order valence-corrected chi connectivity index (χ0v) is 8.49. The van der Waals surface area contributed by atoms with Gasteiger partial charge in [0.05, 0.1) is 12.7 Å². The van der Waals surface area contributed by atoms with Crippen LogP contribution >= 0.6 is 0 Å². The van der Waals surface area contributed by atoms with Crippen LogP contribution in [0.15, 0.2) is 0 Å². The number of nitrogens with zero attached hydrogens (tertiary/aromatic N) is 1. The summed E-state index contributed by atoms with van der Waals surface area (Å²) in [4.78, 5) is 0. The first-order valence-corrected chi connectivity index (χ1v) is 4.85. The second-order valence-electron chi connectivity index (χ2n) is 3.89. The average Bonchev–Trinajstić information content (AvgIpc) is 2.84. The second kappa shape index (κ2) is 5.54. The van der Waals surface area contributed by atoms with Crippen molar-refractivity contribution in [3.63, 3.8) is 0 Å². The molecule has 0 bridgehead atoms. The zero-order valence-electron chi connectivity index (χ0n) is 8.49. The van der Waals surface area contributed by atoms with Gasteiger partial charge >= 0.3 is 0 Å². The van der Waals surface area contributed by atoms with Gasteiger partial charge in [-0.2, -0.15) is 0 Å². The third-order valence-electron chi connectivity index (χ3n) is 2.00. The summed E-state index contributed by atoms with van der Waals surface area (Å²) in [7, 11) is 3.80. The Balaban J connectivity index is 1.87. The van der Waals surface area contributed by atoms with Crippen LogP contribution in [0.3, 0.4) is 0 Å². The van der Waals surface area contributed by atoms with E-state index in [1.54, 1.807) is 0 Å². The van der Waals surface area contributed by atoms with Crippen molar-refractivity contribution in [3.05, 3.63) is 0 Å². The molecule has 4 heteroatoms. The van der Waals surface area contributed by atoms with Gasteiger partial charge in [-0.3, -0.25) is 10.4 Å². The van der Waals surface area contributed by atoms with E-state index in [4.69, 9.17) is 4.74 Å². The summed E-state index contributed by atoms with van der Waals surface area (Å²) in [6.45, 7) is 1.81. The van der Waals surface area contributed by atoms with Crippen molar-refractivity contribution in [2.24, 2.45) is 5.92 Å². The van der Waals surface area contributed by atoms with Gasteiger partial charge in [0.2, 0.25) is 0 Å². The molecule has 1 atom stereocenters.